The Morgan fingerprint density at radius 3 is 2.56 bits per heavy atom. The molecule has 108 valence electrons. The lowest BCUT2D eigenvalue weighted by Crippen LogP contribution is -2.33. The van der Waals surface area contributed by atoms with Crippen LogP contribution in [-0.4, -0.2) is 32.5 Å². The summed E-state index contributed by atoms with van der Waals surface area (Å²) in [7, 11) is -2.81. The molecule has 1 aliphatic rings. The maximum atomic E-state index is 11.9. The standard InChI is InChI=1S/C14H29NO2S/c1-3-5-6-11-18(16,17)12-10-13-8-7-9-14(13)15-4-2/h13-15H,3-12H2,1-2H3. The Kier molecular flexibility index (Phi) is 7.23. The Morgan fingerprint density at radius 1 is 1.11 bits per heavy atom. The van der Waals surface area contributed by atoms with Crippen LogP contribution in [0.4, 0.5) is 0 Å². The van der Waals surface area contributed by atoms with Gasteiger partial charge in [0.05, 0.1) is 11.5 Å². The van der Waals surface area contributed by atoms with Crippen molar-refractivity contribution < 1.29 is 8.42 Å². The van der Waals surface area contributed by atoms with E-state index in [1.165, 1.54) is 19.3 Å². The predicted octanol–water partition coefficient (Wildman–Crippen LogP) is 2.76. The molecule has 0 aromatic carbocycles. The van der Waals surface area contributed by atoms with Gasteiger partial charge in [-0.3, -0.25) is 0 Å². The van der Waals surface area contributed by atoms with Gasteiger partial charge in [-0.1, -0.05) is 33.1 Å². The van der Waals surface area contributed by atoms with Crippen molar-refractivity contribution in [3.05, 3.63) is 0 Å². The molecule has 3 nitrogen and oxygen atoms in total. The normalized spacial score (nSPS) is 24.6. The Morgan fingerprint density at radius 2 is 1.89 bits per heavy atom. The van der Waals surface area contributed by atoms with E-state index in [0.717, 1.165) is 32.2 Å². The average molecular weight is 275 g/mol. The van der Waals surface area contributed by atoms with Crippen molar-refractivity contribution in [1.29, 1.82) is 0 Å². The SMILES string of the molecule is CCCCCS(=O)(=O)CCC1CCCC1NCC. The van der Waals surface area contributed by atoms with Crippen LogP contribution in [0.1, 0.15) is 58.8 Å². The number of nitrogens with one attached hydrogen (secondary N) is 1. The van der Waals surface area contributed by atoms with E-state index < -0.39 is 9.84 Å². The maximum Gasteiger partial charge on any atom is 0.150 e. The third-order valence-corrected chi connectivity index (χ3v) is 5.75. The van der Waals surface area contributed by atoms with Crippen LogP contribution >= 0.6 is 0 Å². The van der Waals surface area contributed by atoms with Gasteiger partial charge >= 0.3 is 0 Å². The quantitative estimate of drug-likeness (QED) is 0.658. The minimum atomic E-state index is -2.81. The number of hydrogen-bond acceptors (Lipinski definition) is 3. The largest absolute Gasteiger partial charge is 0.314 e. The van der Waals surface area contributed by atoms with E-state index in [4.69, 9.17) is 0 Å². The zero-order chi connectivity index (χ0) is 13.4. The molecule has 0 spiro atoms. The van der Waals surface area contributed by atoms with E-state index in [0.29, 0.717) is 23.5 Å². The molecule has 0 heterocycles. The topological polar surface area (TPSA) is 46.2 Å². The summed E-state index contributed by atoms with van der Waals surface area (Å²) in [6.45, 7) is 5.22. The molecule has 0 bridgehead atoms. The molecule has 0 aliphatic heterocycles. The van der Waals surface area contributed by atoms with Crippen LogP contribution in [0, 0.1) is 5.92 Å². The summed E-state index contributed by atoms with van der Waals surface area (Å²) in [4.78, 5) is 0. The summed E-state index contributed by atoms with van der Waals surface area (Å²) in [5.41, 5.74) is 0. The van der Waals surface area contributed by atoms with Crippen molar-refractivity contribution >= 4 is 9.84 Å². The molecule has 1 rings (SSSR count). The second-order valence-electron chi connectivity index (χ2n) is 5.50. The van der Waals surface area contributed by atoms with Gasteiger partial charge < -0.3 is 5.32 Å². The van der Waals surface area contributed by atoms with E-state index in [1.807, 2.05) is 0 Å². The van der Waals surface area contributed by atoms with Crippen molar-refractivity contribution in [3.63, 3.8) is 0 Å². The van der Waals surface area contributed by atoms with Crippen LogP contribution in [0.3, 0.4) is 0 Å². The Balaban J connectivity index is 2.30. The number of rotatable bonds is 9. The van der Waals surface area contributed by atoms with Crippen molar-refractivity contribution in [1.82, 2.24) is 5.32 Å². The van der Waals surface area contributed by atoms with Gasteiger partial charge in [-0.2, -0.15) is 0 Å². The van der Waals surface area contributed by atoms with Gasteiger partial charge in [-0.05, 0) is 38.1 Å². The van der Waals surface area contributed by atoms with Crippen LogP contribution < -0.4 is 5.32 Å². The molecule has 4 heteroatoms. The lowest BCUT2D eigenvalue weighted by molar-refractivity contribution is 0.398. The van der Waals surface area contributed by atoms with Crippen molar-refractivity contribution in [2.75, 3.05) is 18.1 Å². The molecule has 0 aromatic rings. The first-order valence-electron chi connectivity index (χ1n) is 7.53. The highest BCUT2D eigenvalue weighted by atomic mass is 32.2. The fraction of sp³-hybridized carbons (Fsp3) is 1.00. The Hall–Kier alpha value is -0.0900. The van der Waals surface area contributed by atoms with Crippen LogP contribution in [0.5, 0.6) is 0 Å². The molecule has 0 saturated heterocycles. The Labute approximate surface area is 113 Å². The minimum absolute atomic E-state index is 0.388. The molecular weight excluding hydrogens is 246 g/mol. The molecule has 2 unspecified atom stereocenters. The lowest BCUT2D eigenvalue weighted by atomic mass is 10.0. The molecule has 0 radical (unpaired) electrons. The molecule has 1 aliphatic carbocycles. The Bertz CT molecular complexity index is 314. The highest BCUT2D eigenvalue weighted by Crippen LogP contribution is 2.28. The van der Waals surface area contributed by atoms with Gasteiger partial charge in [0.1, 0.15) is 9.84 Å². The zero-order valence-corrected chi connectivity index (χ0v) is 12.8. The first-order chi connectivity index (χ1) is 8.59. The molecule has 2 atom stereocenters. The van der Waals surface area contributed by atoms with Gasteiger partial charge in [-0.25, -0.2) is 8.42 Å². The molecule has 18 heavy (non-hydrogen) atoms. The van der Waals surface area contributed by atoms with Gasteiger partial charge in [0.2, 0.25) is 0 Å². The van der Waals surface area contributed by atoms with E-state index >= 15 is 0 Å². The van der Waals surface area contributed by atoms with Gasteiger partial charge in [0.25, 0.3) is 0 Å². The van der Waals surface area contributed by atoms with Crippen LogP contribution in [0.25, 0.3) is 0 Å². The molecule has 1 saturated carbocycles. The summed E-state index contributed by atoms with van der Waals surface area (Å²) < 4.78 is 23.8. The minimum Gasteiger partial charge on any atom is -0.314 e. The summed E-state index contributed by atoms with van der Waals surface area (Å²) in [5, 5.41) is 3.49. The molecule has 0 amide bonds. The summed E-state index contributed by atoms with van der Waals surface area (Å²) in [5.74, 6) is 1.36. The third-order valence-electron chi connectivity index (χ3n) is 3.98. The van der Waals surface area contributed by atoms with Crippen molar-refractivity contribution in [2.24, 2.45) is 5.92 Å². The van der Waals surface area contributed by atoms with E-state index in [-0.39, 0.29) is 0 Å². The maximum absolute atomic E-state index is 11.9. The summed E-state index contributed by atoms with van der Waals surface area (Å²) in [6.07, 6.45) is 7.46. The van der Waals surface area contributed by atoms with Gasteiger partial charge in [0, 0.05) is 6.04 Å². The molecule has 1 N–H and O–H groups in total. The fourth-order valence-electron chi connectivity index (χ4n) is 2.92. The fourth-order valence-corrected chi connectivity index (χ4v) is 4.43. The highest BCUT2D eigenvalue weighted by molar-refractivity contribution is 7.91. The van der Waals surface area contributed by atoms with Crippen LogP contribution in [0.15, 0.2) is 0 Å². The molecule has 1 fully saturated rings. The van der Waals surface area contributed by atoms with E-state index in [9.17, 15) is 8.42 Å². The van der Waals surface area contributed by atoms with Crippen molar-refractivity contribution in [3.8, 4) is 0 Å². The second-order valence-corrected chi connectivity index (χ2v) is 7.81. The summed E-state index contributed by atoms with van der Waals surface area (Å²) >= 11 is 0. The highest BCUT2D eigenvalue weighted by Gasteiger charge is 2.27. The first kappa shape index (κ1) is 16.0. The molecule has 0 aromatic heterocycles. The van der Waals surface area contributed by atoms with Gasteiger partial charge in [0.15, 0.2) is 0 Å². The average Bonchev–Trinajstić information content (AvgIpc) is 2.75. The number of sulfone groups is 1. The van der Waals surface area contributed by atoms with Crippen molar-refractivity contribution in [2.45, 2.75) is 64.8 Å². The van der Waals surface area contributed by atoms with Crippen LogP contribution in [0.2, 0.25) is 0 Å². The van der Waals surface area contributed by atoms with Crippen LogP contribution in [-0.2, 0) is 9.84 Å². The zero-order valence-electron chi connectivity index (χ0n) is 12.0. The molecular formula is C14H29NO2S. The van der Waals surface area contributed by atoms with E-state index in [1.54, 1.807) is 0 Å². The number of unbranched alkanes of at least 4 members (excludes halogenated alkanes) is 2. The second kappa shape index (κ2) is 8.16. The summed E-state index contributed by atoms with van der Waals surface area (Å²) in [6, 6.07) is 0.556. The van der Waals surface area contributed by atoms with Gasteiger partial charge in [-0.15, -0.1) is 0 Å². The smallest absolute Gasteiger partial charge is 0.150 e. The monoisotopic (exact) mass is 275 g/mol. The predicted molar refractivity (Wildman–Crippen MR) is 77.6 cm³/mol. The first-order valence-corrected chi connectivity index (χ1v) is 9.35. The lowest BCUT2D eigenvalue weighted by Gasteiger charge is -2.20. The third kappa shape index (κ3) is 5.70. The number of hydrogen-bond donors (Lipinski definition) is 1. The van der Waals surface area contributed by atoms with E-state index in [2.05, 4.69) is 19.2 Å².